The predicted molar refractivity (Wildman–Crippen MR) is 76.4 cm³/mol. The van der Waals surface area contributed by atoms with Crippen LogP contribution in [0.4, 0.5) is 0 Å². The summed E-state index contributed by atoms with van der Waals surface area (Å²) in [5, 5.41) is 0. The topological polar surface area (TPSA) is 27.7 Å². The number of hydrogen-bond donors (Lipinski definition) is 0. The molecule has 16 heavy (non-hydrogen) atoms. The highest BCUT2D eigenvalue weighted by molar-refractivity contribution is 6.87. The van der Waals surface area contributed by atoms with Gasteiger partial charge in [-0.25, -0.2) is 0 Å². The monoisotopic (exact) mass is 278 g/mol. The second-order valence-electron chi connectivity index (χ2n) is 5.67. The number of hydrogen-bond acceptors (Lipinski definition) is 3. The van der Waals surface area contributed by atoms with Crippen molar-refractivity contribution in [1.29, 1.82) is 0 Å². The van der Waals surface area contributed by atoms with E-state index in [1.165, 1.54) is 0 Å². The van der Waals surface area contributed by atoms with Crippen LogP contribution in [0, 0.1) is 0 Å². The summed E-state index contributed by atoms with van der Waals surface area (Å²) in [4.78, 5) is 0. The molecule has 0 rings (SSSR count). The van der Waals surface area contributed by atoms with E-state index in [9.17, 15) is 0 Å². The first-order chi connectivity index (χ1) is 7.04. The van der Waals surface area contributed by atoms with Gasteiger partial charge in [-0.15, -0.1) is 0 Å². The molecule has 0 N–H and O–H groups in total. The minimum absolute atomic E-state index is 0.604. The zero-order valence-electron chi connectivity index (χ0n) is 11.7. The quantitative estimate of drug-likeness (QED) is 0.668. The third-order valence-corrected chi connectivity index (χ3v) is 9.86. The molecule has 0 aliphatic heterocycles. The molecule has 0 fully saturated rings. The Hall–Kier alpha value is 0.271. The fourth-order valence-corrected chi connectivity index (χ4v) is 10.3. The van der Waals surface area contributed by atoms with Gasteiger partial charge in [-0.2, -0.15) is 0 Å². The summed E-state index contributed by atoms with van der Waals surface area (Å²) in [7, 11) is -6.03. The van der Waals surface area contributed by atoms with E-state index < -0.39 is 25.4 Å². The van der Waals surface area contributed by atoms with Crippen LogP contribution in [0.1, 0.15) is 6.92 Å². The van der Waals surface area contributed by atoms with Crippen LogP contribution in [-0.4, -0.2) is 32.0 Å². The van der Waals surface area contributed by atoms with E-state index >= 15 is 0 Å². The van der Waals surface area contributed by atoms with Crippen LogP contribution in [0.25, 0.3) is 0 Å². The van der Waals surface area contributed by atoms with Crippen molar-refractivity contribution in [2.75, 3.05) is 6.61 Å². The SMILES string of the molecule is C=C[Si](OCC)(O[Si](C)(C)C)O[Si](C)(C)C. The third kappa shape index (κ3) is 6.77. The molecule has 6 heteroatoms. The highest BCUT2D eigenvalue weighted by atomic mass is 28.5. The van der Waals surface area contributed by atoms with Crippen molar-refractivity contribution in [2.24, 2.45) is 0 Å². The molecule has 0 aliphatic rings. The third-order valence-electron chi connectivity index (χ3n) is 1.49. The molecule has 0 saturated heterocycles. The molecule has 96 valence electrons. The first-order valence-corrected chi connectivity index (χ1v) is 14.3. The van der Waals surface area contributed by atoms with Gasteiger partial charge in [0.1, 0.15) is 0 Å². The summed E-state index contributed by atoms with van der Waals surface area (Å²) in [5.41, 5.74) is 1.77. The molecule has 0 aliphatic carbocycles. The normalized spacial score (nSPS) is 13.9. The Morgan fingerprint density at radius 3 is 1.50 bits per heavy atom. The zero-order valence-corrected chi connectivity index (χ0v) is 14.7. The van der Waals surface area contributed by atoms with Crippen LogP contribution in [0.5, 0.6) is 0 Å². The molecule has 0 spiro atoms. The molecule has 0 heterocycles. The molecule has 0 unspecified atom stereocenters. The molecule has 0 radical (unpaired) electrons. The molecule has 0 aromatic rings. The first kappa shape index (κ1) is 16.3. The molecular formula is C10H26O3Si3. The largest absolute Gasteiger partial charge is 0.508 e. The molecule has 0 aromatic carbocycles. The van der Waals surface area contributed by atoms with E-state index in [1.54, 1.807) is 5.70 Å². The Labute approximate surface area is 103 Å². The van der Waals surface area contributed by atoms with E-state index in [0.29, 0.717) is 6.61 Å². The lowest BCUT2D eigenvalue weighted by atomic mass is 10.9. The molecule has 0 amide bonds. The van der Waals surface area contributed by atoms with Gasteiger partial charge in [-0.3, -0.25) is 0 Å². The smallest absolute Gasteiger partial charge is 0.413 e. The fraction of sp³-hybridized carbons (Fsp3) is 0.800. The summed E-state index contributed by atoms with van der Waals surface area (Å²) in [6.45, 7) is 19.3. The summed E-state index contributed by atoms with van der Waals surface area (Å²) < 4.78 is 18.1. The fourth-order valence-electron chi connectivity index (χ4n) is 1.28. The minimum atomic E-state index is -2.65. The molecule has 0 saturated carbocycles. The second kappa shape index (κ2) is 5.74. The Kier molecular flexibility index (Phi) is 5.84. The minimum Gasteiger partial charge on any atom is -0.413 e. The van der Waals surface area contributed by atoms with Crippen molar-refractivity contribution in [3.05, 3.63) is 12.3 Å². The lowest BCUT2D eigenvalue weighted by Crippen LogP contribution is -2.55. The van der Waals surface area contributed by atoms with Gasteiger partial charge in [-0.05, 0) is 51.9 Å². The summed E-state index contributed by atoms with van der Waals surface area (Å²) in [6.07, 6.45) is 0. The summed E-state index contributed by atoms with van der Waals surface area (Å²) in [6, 6.07) is 0. The van der Waals surface area contributed by atoms with Crippen LogP contribution in [0.2, 0.25) is 39.3 Å². The van der Waals surface area contributed by atoms with Crippen LogP contribution in [0.3, 0.4) is 0 Å². The maximum atomic E-state index is 6.14. The van der Waals surface area contributed by atoms with Crippen molar-refractivity contribution in [2.45, 2.75) is 46.2 Å². The van der Waals surface area contributed by atoms with Gasteiger partial charge in [0.15, 0.2) is 16.6 Å². The van der Waals surface area contributed by atoms with Crippen LogP contribution < -0.4 is 0 Å². The average Bonchev–Trinajstić information content (AvgIpc) is 1.98. The van der Waals surface area contributed by atoms with E-state index in [1.807, 2.05) is 6.92 Å². The van der Waals surface area contributed by atoms with Gasteiger partial charge < -0.3 is 12.7 Å². The Morgan fingerprint density at radius 2 is 1.31 bits per heavy atom. The summed E-state index contributed by atoms with van der Waals surface area (Å²) >= 11 is 0. The highest BCUT2D eigenvalue weighted by Gasteiger charge is 2.44. The molecule has 0 bridgehead atoms. The molecular weight excluding hydrogens is 252 g/mol. The van der Waals surface area contributed by atoms with Gasteiger partial charge in [0, 0.05) is 6.61 Å². The second-order valence-corrected chi connectivity index (χ2v) is 17.7. The maximum Gasteiger partial charge on any atom is 0.508 e. The van der Waals surface area contributed by atoms with Gasteiger partial charge in [0.2, 0.25) is 0 Å². The van der Waals surface area contributed by atoms with Gasteiger partial charge >= 0.3 is 8.80 Å². The maximum absolute atomic E-state index is 6.14. The van der Waals surface area contributed by atoms with Crippen molar-refractivity contribution >= 4 is 25.4 Å². The number of rotatable bonds is 7. The Bertz CT molecular complexity index is 214. The Balaban J connectivity index is 4.92. The van der Waals surface area contributed by atoms with Crippen molar-refractivity contribution in [3.8, 4) is 0 Å². The van der Waals surface area contributed by atoms with Crippen LogP contribution in [-0.2, 0) is 12.7 Å². The van der Waals surface area contributed by atoms with E-state index in [4.69, 9.17) is 12.7 Å². The van der Waals surface area contributed by atoms with Gasteiger partial charge in [0.25, 0.3) is 0 Å². The molecule has 3 nitrogen and oxygen atoms in total. The van der Waals surface area contributed by atoms with Gasteiger partial charge in [0.05, 0.1) is 0 Å². The lowest BCUT2D eigenvalue weighted by Gasteiger charge is -2.37. The highest BCUT2D eigenvalue weighted by Crippen LogP contribution is 2.22. The van der Waals surface area contributed by atoms with E-state index in [-0.39, 0.29) is 0 Å². The average molecular weight is 279 g/mol. The Morgan fingerprint density at radius 1 is 0.938 bits per heavy atom. The van der Waals surface area contributed by atoms with Crippen molar-refractivity contribution < 1.29 is 12.7 Å². The van der Waals surface area contributed by atoms with Crippen molar-refractivity contribution in [3.63, 3.8) is 0 Å². The van der Waals surface area contributed by atoms with Crippen LogP contribution in [0.15, 0.2) is 12.3 Å². The van der Waals surface area contributed by atoms with E-state index in [0.717, 1.165) is 0 Å². The van der Waals surface area contributed by atoms with Crippen LogP contribution >= 0.6 is 0 Å². The standard InChI is InChI=1S/C10H26O3Si3/c1-9-11-16(10-2,12-14(3,4)5)13-15(6,7)8/h10H,2,9H2,1,3-8H3. The summed E-state index contributed by atoms with van der Waals surface area (Å²) in [5.74, 6) is 0. The lowest BCUT2D eigenvalue weighted by molar-refractivity contribution is 0.184. The van der Waals surface area contributed by atoms with Gasteiger partial charge in [-0.1, -0.05) is 6.58 Å². The molecule has 0 atom stereocenters. The first-order valence-electron chi connectivity index (χ1n) is 5.71. The van der Waals surface area contributed by atoms with E-state index in [2.05, 4.69) is 45.9 Å². The predicted octanol–water partition coefficient (Wildman–Crippen LogP) is 3.39. The molecule has 0 aromatic heterocycles. The zero-order chi connectivity index (χ0) is 13.0. The van der Waals surface area contributed by atoms with Crippen molar-refractivity contribution in [1.82, 2.24) is 0 Å².